The van der Waals surface area contributed by atoms with E-state index in [4.69, 9.17) is 4.74 Å². The third-order valence-corrected chi connectivity index (χ3v) is 8.36. The molecule has 1 aliphatic heterocycles. The molecule has 2 unspecified atom stereocenters. The van der Waals surface area contributed by atoms with Crippen LogP contribution in [0.3, 0.4) is 0 Å². The first-order valence-corrected chi connectivity index (χ1v) is 13.7. The summed E-state index contributed by atoms with van der Waals surface area (Å²) in [6.07, 6.45) is 5.10. The Balaban J connectivity index is 1.41. The Morgan fingerprint density at radius 2 is 1.50 bits per heavy atom. The summed E-state index contributed by atoms with van der Waals surface area (Å²) in [5, 5.41) is -0.242. The van der Waals surface area contributed by atoms with E-state index in [1.54, 1.807) is 30.3 Å². The number of ether oxygens (including phenoxy) is 1. The summed E-state index contributed by atoms with van der Waals surface area (Å²) in [6, 6.07) is 13.7. The zero-order valence-electron chi connectivity index (χ0n) is 20.8. The van der Waals surface area contributed by atoms with E-state index in [2.05, 4.69) is 6.92 Å². The largest absolute Gasteiger partial charge is 0.490 e. The maximum atomic E-state index is 15.1. The second kappa shape index (κ2) is 12.2. The SMILES string of the molecule is CCCCCCOc1ccc(C2CCC(c3ccc(-c4ccc(C)cc4)c(F)c3F)CS2)c(F)c1F. The fraction of sp³-hybridized carbons (Fsp3) is 0.400. The van der Waals surface area contributed by atoms with Crippen LogP contribution in [0.5, 0.6) is 5.75 Å². The Hall–Kier alpha value is -2.47. The molecule has 0 saturated carbocycles. The highest BCUT2D eigenvalue weighted by atomic mass is 32.2. The van der Waals surface area contributed by atoms with E-state index in [-0.39, 0.29) is 22.5 Å². The standard InChI is InChI=1S/C30H32F4OS/c1-3-4-5-6-17-35-25-15-14-24(29(33)30(25)34)26-16-11-21(18-36-26)23-13-12-22(27(31)28(23)32)20-9-7-19(2)8-10-20/h7-10,12-15,21,26H,3-6,11,16-18H2,1-2H3. The molecule has 4 rings (SSSR count). The molecular weight excluding hydrogens is 484 g/mol. The van der Waals surface area contributed by atoms with Crippen LogP contribution in [0.1, 0.15) is 73.3 Å². The van der Waals surface area contributed by atoms with Crippen LogP contribution in [0.2, 0.25) is 0 Å². The van der Waals surface area contributed by atoms with E-state index in [9.17, 15) is 13.2 Å². The summed E-state index contributed by atoms with van der Waals surface area (Å²) in [6.45, 7) is 4.41. The molecule has 36 heavy (non-hydrogen) atoms. The van der Waals surface area contributed by atoms with Gasteiger partial charge in [0, 0.05) is 22.1 Å². The van der Waals surface area contributed by atoms with Crippen LogP contribution in [-0.2, 0) is 0 Å². The number of halogens is 4. The Morgan fingerprint density at radius 1 is 0.778 bits per heavy atom. The molecule has 0 aliphatic carbocycles. The van der Waals surface area contributed by atoms with Gasteiger partial charge in [0.15, 0.2) is 23.2 Å². The Labute approximate surface area is 215 Å². The summed E-state index contributed by atoms with van der Waals surface area (Å²) >= 11 is 1.46. The maximum Gasteiger partial charge on any atom is 0.200 e. The molecule has 1 heterocycles. The van der Waals surface area contributed by atoms with Crippen molar-refractivity contribution in [2.24, 2.45) is 0 Å². The van der Waals surface area contributed by atoms with E-state index in [0.29, 0.717) is 41.9 Å². The number of benzene rings is 3. The number of unbranched alkanes of at least 4 members (excludes halogenated alkanes) is 3. The van der Waals surface area contributed by atoms with Gasteiger partial charge in [-0.05, 0) is 49.3 Å². The number of hydrogen-bond acceptors (Lipinski definition) is 2. The first-order chi connectivity index (χ1) is 17.4. The molecule has 3 aromatic rings. The number of rotatable bonds is 9. The molecule has 2 atom stereocenters. The second-order valence-electron chi connectivity index (χ2n) is 9.48. The van der Waals surface area contributed by atoms with Gasteiger partial charge in [-0.25, -0.2) is 13.2 Å². The normalized spacial score (nSPS) is 17.8. The van der Waals surface area contributed by atoms with Crippen LogP contribution in [-0.4, -0.2) is 12.4 Å². The highest BCUT2D eigenvalue weighted by Crippen LogP contribution is 2.46. The predicted octanol–water partition coefficient (Wildman–Crippen LogP) is 9.53. The van der Waals surface area contributed by atoms with Crippen LogP contribution >= 0.6 is 11.8 Å². The summed E-state index contributed by atoms with van der Waals surface area (Å²) in [7, 11) is 0. The van der Waals surface area contributed by atoms with Gasteiger partial charge in [0.1, 0.15) is 0 Å². The van der Waals surface area contributed by atoms with Crippen molar-refractivity contribution in [3.8, 4) is 16.9 Å². The van der Waals surface area contributed by atoms with Crippen LogP contribution in [0.25, 0.3) is 11.1 Å². The van der Waals surface area contributed by atoms with Gasteiger partial charge >= 0.3 is 0 Å². The molecular formula is C30H32F4OS. The van der Waals surface area contributed by atoms with Gasteiger partial charge in [-0.2, -0.15) is 16.2 Å². The van der Waals surface area contributed by atoms with E-state index in [1.807, 2.05) is 19.1 Å². The average molecular weight is 517 g/mol. The minimum Gasteiger partial charge on any atom is -0.490 e. The molecule has 6 heteroatoms. The Morgan fingerprint density at radius 3 is 2.19 bits per heavy atom. The zero-order chi connectivity index (χ0) is 25.7. The first kappa shape index (κ1) is 26.6. The van der Waals surface area contributed by atoms with Crippen LogP contribution in [0.15, 0.2) is 48.5 Å². The van der Waals surface area contributed by atoms with Crippen molar-refractivity contribution in [3.05, 3.63) is 88.5 Å². The predicted molar refractivity (Wildman–Crippen MR) is 140 cm³/mol. The third-order valence-electron chi connectivity index (χ3n) is 6.87. The monoisotopic (exact) mass is 516 g/mol. The Kier molecular flexibility index (Phi) is 9.00. The van der Waals surface area contributed by atoms with Crippen LogP contribution in [0, 0.1) is 30.2 Å². The molecule has 0 radical (unpaired) electrons. The molecule has 1 fully saturated rings. The molecule has 1 nitrogen and oxygen atoms in total. The van der Waals surface area contributed by atoms with E-state index >= 15 is 4.39 Å². The third kappa shape index (κ3) is 5.91. The zero-order valence-corrected chi connectivity index (χ0v) is 21.6. The van der Waals surface area contributed by atoms with Crippen molar-refractivity contribution >= 4 is 11.8 Å². The van der Waals surface area contributed by atoms with Gasteiger partial charge in [0.05, 0.1) is 6.61 Å². The van der Waals surface area contributed by atoms with Gasteiger partial charge in [-0.1, -0.05) is 74.2 Å². The maximum absolute atomic E-state index is 15.1. The number of aryl methyl sites for hydroxylation is 1. The van der Waals surface area contributed by atoms with Gasteiger partial charge in [-0.15, -0.1) is 0 Å². The van der Waals surface area contributed by atoms with Crippen molar-refractivity contribution in [2.45, 2.75) is 63.5 Å². The van der Waals surface area contributed by atoms with Gasteiger partial charge in [-0.3, -0.25) is 0 Å². The highest BCUT2D eigenvalue weighted by Gasteiger charge is 2.30. The smallest absolute Gasteiger partial charge is 0.200 e. The minimum atomic E-state index is -0.953. The molecule has 0 amide bonds. The minimum absolute atomic E-state index is 0.0577. The van der Waals surface area contributed by atoms with Gasteiger partial charge in [0.25, 0.3) is 0 Å². The molecule has 0 aromatic heterocycles. The molecule has 3 aromatic carbocycles. The number of thioether (sulfide) groups is 1. The molecule has 0 bridgehead atoms. The van der Waals surface area contributed by atoms with E-state index in [0.717, 1.165) is 31.2 Å². The Bertz CT molecular complexity index is 1170. The lowest BCUT2D eigenvalue weighted by Crippen LogP contribution is -2.15. The van der Waals surface area contributed by atoms with E-state index in [1.165, 1.54) is 17.8 Å². The van der Waals surface area contributed by atoms with Gasteiger partial charge in [0.2, 0.25) is 5.82 Å². The topological polar surface area (TPSA) is 9.23 Å². The van der Waals surface area contributed by atoms with Crippen molar-refractivity contribution in [3.63, 3.8) is 0 Å². The van der Waals surface area contributed by atoms with Crippen LogP contribution < -0.4 is 4.74 Å². The molecule has 0 spiro atoms. The molecule has 192 valence electrons. The second-order valence-corrected chi connectivity index (χ2v) is 10.7. The van der Waals surface area contributed by atoms with Crippen molar-refractivity contribution in [1.29, 1.82) is 0 Å². The molecule has 0 N–H and O–H groups in total. The highest BCUT2D eigenvalue weighted by molar-refractivity contribution is 7.99. The van der Waals surface area contributed by atoms with Crippen molar-refractivity contribution in [2.75, 3.05) is 12.4 Å². The fourth-order valence-electron chi connectivity index (χ4n) is 4.70. The molecule has 1 saturated heterocycles. The summed E-state index contributed by atoms with van der Waals surface area (Å²) in [4.78, 5) is 0. The quantitative estimate of drug-likeness (QED) is 0.207. The lowest BCUT2D eigenvalue weighted by atomic mass is 9.90. The first-order valence-electron chi connectivity index (χ1n) is 12.7. The van der Waals surface area contributed by atoms with Crippen molar-refractivity contribution < 1.29 is 22.3 Å². The van der Waals surface area contributed by atoms with Crippen molar-refractivity contribution in [1.82, 2.24) is 0 Å². The fourth-order valence-corrected chi connectivity index (χ4v) is 6.17. The lowest BCUT2D eigenvalue weighted by molar-refractivity contribution is 0.284. The summed E-state index contributed by atoms with van der Waals surface area (Å²) in [5.74, 6) is -3.25. The van der Waals surface area contributed by atoms with Crippen LogP contribution in [0.4, 0.5) is 17.6 Å². The molecule has 1 aliphatic rings. The lowest BCUT2D eigenvalue weighted by Gasteiger charge is -2.29. The van der Waals surface area contributed by atoms with E-state index < -0.39 is 23.3 Å². The summed E-state index contributed by atoms with van der Waals surface area (Å²) < 4.78 is 65.0. The summed E-state index contributed by atoms with van der Waals surface area (Å²) in [5.41, 5.74) is 2.56. The average Bonchev–Trinajstić information content (AvgIpc) is 2.89. The van der Waals surface area contributed by atoms with Gasteiger partial charge < -0.3 is 4.74 Å². The number of hydrogen-bond donors (Lipinski definition) is 0.